The highest BCUT2D eigenvalue weighted by Crippen LogP contribution is 2.30. The van der Waals surface area contributed by atoms with E-state index in [1.54, 1.807) is 91.0 Å². The Kier molecular flexibility index (Phi) is 8.43. The first-order chi connectivity index (χ1) is 21.5. The zero-order valence-corrected chi connectivity index (χ0v) is 23.5. The second-order valence-electron chi connectivity index (χ2n) is 9.49. The van der Waals surface area contributed by atoms with Crippen LogP contribution in [0, 0.1) is 0 Å². The highest BCUT2D eigenvalue weighted by Gasteiger charge is 2.52. The van der Waals surface area contributed by atoms with Gasteiger partial charge in [0, 0.05) is 0 Å². The van der Waals surface area contributed by atoms with Gasteiger partial charge in [-0.3, -0.25) is 0 Å². The largest absolute Gasteiger partial charge is 0.459 e. The van der Waals surface area contributed by atoms with Gasteiger partial charge in [0.2, 0.25) is 11.8 Å². The molecule has 0 aliphatic carbocycles. The Morgan fingerprint density at radius 3 is 1.86 bits per heavy atom. The van der Waals surface area contributed by atoms with E-state index in [0.717, 1.165) is 0 Å². The molecule has 6 rings (SSSR count). The van der Waals surface area contributed by atoms with Crippen molar-refractivity contribution in [3.8, 4) is 0 Å². The maximum atomic E-state index is 13.2. The number of ether oxygens (including phenoxy) is 4. The van der Waals surface area contributed by atoms with E-state index in [-0.39, 0.29) is 34.1 Å². The number of fused-ring (bicyclic) bond motifs is 1. The van der Waals surface area contributed by atoms with Gasteiger partial charge in [-0.05, 0) is 36.4 Å². The maximum absolute atomic E-state index is 13.2. The van der Waals surface area contributed by atoms with Crippen LogP contribution >= 0.6 is 11.6 Å². The highest BCUT2D eigenvalue weighted by atomic mass is 35.5. The number of aromatic nitrogens is 4. The summed E-state index contributed by atoms with van der Waals surface area (Å²) in [6.07, 6.45) is -2.56. The van der Waals surface area contributed by atoms with Crippen LogP contribution < -0.4 is 4.84 Å². The Balaban J connectivity index is 1.33. The predicted octanol–water partition coefficient (Wildman–Crippen LogP) is 3.94. The van der Waals surface area contributed by atoms with Gasteiger partial charge in [0.15, 0.2) is 11.3 Å². The van der Waals surface area contributed by atoms with Crippen molar-refractivity contribution in [3.63, 3.8) is 0 Å². The van der Waals surface area contributed by atoms with E-state index >= 15 is 0 Å². The third-order valence-electron chi connectivity index (χ3n) is 6.64. The van der Waals surface area contributed by atoms with Crippen molar-refractivity contribution in [2.24, 2.45) is 0 Å². The number of rotatable bonds is 9. The van der Waals surface area contributed by atoms with E-state index in [0.29, 0.717) is 5.56 Å². The number of hydrogen-bond donors (Lipinski definition) is 0. The van der Waals surface area contributed by atoms with Crippen molar-refractivity contribution in [1.82, 2.24) is 19.7 Å². The first-order valence-electron chi connectivity index (χ1n) is 13.4. The van der Waals surface area contributed by atoms with E-state index in [1.807, 2.05) is 0 Å². The molecule has 0 radical (unpaired) electrons. The van der Waals surface area contributed by atoms with E-state index in [2.05, 4.69) is 15.0 Å². The predicted molar refractivity (Wildman–Crippen MR) is 154 cm³/mol. The minimum atomic E-state index is -1.37. The minimum absolute atomic E-state index is 0.0946. The molecule has 0 saturated carbocycles. The second-order valence-corrected chi connectivity index (χ2v) is 9.85. The zero-order valence-electron chi connectivity index (χ0n) is 22.8. The Morgan fingerprint density at radius 2 is 1.27 bits per heavy atom. The maximum Gasteiger partial charge on any atom is 0.338 e. The lowest BCUT2D eigenvalue weighted by molar-refractivity contribution is -0.170. The summed E-state index contributed by atoms with van der Waals surface area (Å²) >= 11 is 6.15. The van der Waals surface area contributed by atoms with Gasteiger partial charge in [0.05, 0.1) is 16.7 Å². The fraction of sp³-hybridized carbons (Fsp3) is 0.161. The lowest BCUT2D eigenvalue weighted by atomic mass is 10.1. The Labute approximate surface area is 255 Å². The first-order valence-corrected chi connectivity index (χ1v) is 13.8. The molecule has 44 heavy (non-hydrogen) atoms. The highest BCUT2D eigenvalue weighted by molar-refractivity contribution is 6.33. The molecule has 222 valence electrons. The lowest BCUT2D eigenvalue weighted by Gasteiger charge is -2.24. The number of esters is 3. The molecular formula is C31H23ClN4O8. The molecule has 13 heteroatoms. The van der Waals surface area contributed by atoms with Crippen LogP contribution in [0.2, 0.25) is 5.15 Å². The summed E-state index contributed by atoms with van der Waals surface area (Å²) in [4.78, 5) is 57.5. The molecule has 5 aromatic rings. The minimum Gasteiger partial charge on any atom is -0.459 e. The average Bonchev–Trinajstić information content (AvgIpc) is 3.62. The molecule has 0 spiro atoms. The van der Waals surface area contributed by atoms with Crippen LogP contribution in [0.4, 0.5) is 0 Å². The van der Waals surface area contributed by atoms with Crippen LogP contribution in [0.25, 0.3) is 11.2 Å². The Morgan fingerprint density at radius 1 is 0.727 bits per heavy atom. The van der Waals surface area contributed by atoms with Gasteiger partial charge in [-0.15, -0.1) is 4.73 Å². The van der Waals surface area contributed by atoms with Crippen LogP contribution in [0.5, 0.6) is 0 Å². The number of halogens is 1. The van der Waals surface area contributed by atoms with Gasteiger partial charge >= 0.3 is 17.9 Å². The molecule has 0 amide bonds. The van der Waals surface area contributed by atoms with E-state index in [4.69, 9.17) is 35.4 Å². The van der Waals surface area contributed by atoms with Crippen molar-refractivity contribution >= 4 is 40.7 Å². The molecule has 0 bridgehead atoms. The van der Waals surface area contributed by atoms with Crippen molar-refractivity contribution < 1.29 is 38.2 Å². The van der Waals surface area contributed by atoms with E-state index in [9.17, 15) is 14.4 Å². The van der Waals surface area contributed by atoms with Crippen LogP contribution in [0.3, 0.4) is 0 Å². The van der Waals surface area contributed by atoms with Gasteiger partial charge in [0.1, 0.15) is 30.9 Å². The van der Waals surface area contributed by atoms with Crippen molar-refractivity contribution in [3.05, 3.63) is 125 Å². The summed E-state index contributed by atoms with van der Waals surface area (Å²) in [7, 11) is 0. The van der Waals surface area contributed by atoms with Gasteiger partial charge in [0.25, 0.3) is 6.29 Å². The normalized spacial score (nSPS) is 19.3. The second kappa shape index (κ2) is 12.9. The molecular weight excluding hydrogens is 592 g/mol. The zero-order chi connectivity index (χ0) is 30.5. The van der Waals surface area contributed by atoms with Gasteiger partial charge in [-0.2, -0.15) is 0 Å². The first kappa shape index (κ1) is 28.8. The molecule has 1 fully saturated rings. The van der Waals surface area contributed by atoms with Gasteiger partial charge in [-0.1, -0.05) is 66.2 Å². The van der Waals surface area contributed by atoms with Crippen molar-refractivity contribution in [2.45, 2.75) is 24.6 Å². The molecule has 2 aromatic heterocycles. The fourth-order valence-corrected chi connectivity index (χ4v) is 4.68. The topological polar surface area (TPSA) is 141 Å². The summed E-state index contributed by atoms with van der Waals surface area (Å²) < 4.78 is 24.6. The summed E-state index contributed by atoms with van der Waals surface area (Å²) in [5.74, 6) is -2.07. The number of carbonyl (C=O) groups excluding carboxylic acids is 3. The molecule has 1 aliphatic rings. The number of imidazole rings is 1. The number of nitrogens with zero attached hydrogens (tertiary/aromatic N) is 4. The van der Waals surface area contributed by atoms with E-state index in [1.165, 1.54) is 17.4 Å². The van der Waals surface area contributed by atoms with Crippen LogP contribution in [0.1, 0.15) is 31.1 Å². The van der Waals surface area contributed by atoms with E-state index < -0.39 is 42.5 Å². The molecule has 12 nitrogen and oxygen atoms in total. The fourth-order valence-electron chi connectivity index (χ4n) is 4.50. The standard InChI is InChI=1S/C31H23ClN4O8/c32-26-23-27(34-17-33-26)36(18-35-23)44-31-25(43-30(39)21-14-8-3-9-15-21)24(42-29(38)20-12-6-2-7-13-20)22(41-31)16-40-28(37)19-10-4-1-5-11-19/h1-15,17-18,22,24-25,31H,16H2/t22-,24-,25-,31+/m1/s1. The summed E-state index contributed by atoms with van der Waals surface area (Å²) in [6, 6.07) is 24.8. The Hall–Kier alpha value is -5.33. The lowest BCUT2D eigenvalue weighted by Crippen LogP contribution is -2.44. The number of hydrogen-bond acceptors (Lipinski definition) is 11. The summed E-state index contributed by atoms with van der Waals surface area (Å²) in [5.41, 5.74) is 1.26. The molecule has 0 unspecified atom stereocenters. The number of benzene rings is 3. The smallest absolute Gasteiger partial charge is 0.338 e. The molecule has 4 atom stereocenters. The molecule has 3 aromatic carbocycles. The summed E-state index contributed by atoms with van der Waals surface area (Å²) in [5, 5.41) is 0.0946. The SMILES string of the molecule is O=C(OC[C@H]1O[C@@H](On2cnc3c(Cl)ncnc32)[C@H](OC(=O)c2ccccc2)[C@@H]1OC(=O)c1ccccc1)c1ccccc1. The van der Waals surface area contributed by atoms with Crippen LogP contribution in [-0.2, 0) is 18.9 Å². The molecule has 1 aliphatic heterocycles. The van der Waals surface area contributed by atoms with Crippen LogP contribution in [0.15, 0.2) is 104 Å². The summed E-state index contributed by atoms with van der Waals surface area (Å²) in [6.45, 7) is -0.363. The Bertz CT molecular complexity index is 1770. The van der Waals surface area contributed by atoms with Gasteiger partial charge in [-0.25, -0.2) is 29.3 Å². The van der Waals surface area contributed by atoms with Gasteiger partial charge < -0.3 is 23.8 Å². The number of carbonyl (C=O) groups is 3. The van der Waals surface area contributed by atoms with Crippen molar-refractivity contribution in [2.75, 3.05) is 6.61 Å². The average molecular weight is 615 g/mol. The van der Waals surface area contributed by atoms with Crippen LogP contribution in [-0.4, -0.2) is 68.8 Å². The quantitative estimate of drug-likeness (QED) is 0.135. The molecule has 3 heterocycles. The molecule has 0 N–H and O–H groups in total. The third kappa shape index (κ3) is 6.21. The van der Waals surface area contributed by atoms with Crippen molar-refractivity contribution in [1.29, 1.82) is 0 Å². The molecule has 1 saturated heterocycles. The monoisotopic (exact) mass is 614 g/mol. The third-order valence-corrected chi connectivity index (χ3v) is 6.91.